The maximum Gasteiger partial charge on any atom is 0.123 e. The van der Waals surface area contributed by atoms with E-state index in [4.69, 9.17) is 11.1 Å². The number of nitrogen functional groups attached to an aromatic ring is 1. The van der Waals surface area contributed by atoms with Gasteiger partial charge in [0.15, 0.2) is 0 Å². The summed E-state index contributed by atoms with van der Waals surface area (Å²) in [6.07, 6.45) is 0. The summed E-state index contributed by atoms with van der Waals surface area (Å²) in [6.45, 7) is 15.4. The Labute approximate surface area is 177 Å². The standard InChI is InChI=1S/C19H26N2.2ClH.Hf/c1-10-11(2)15(6)19(7,14(10)5)17-9-8-16(18(20)21)12(3)13(17)4;;;/h8-9H,1-7H3,(H3,20,21);2*1H;/p-2. The summed E-state index contributed by atoms with van der Waals surface area (Å²) in [5.74, 6) is 0.144. The van der Waals surface area contributed by atoms with E-state index in [1.165, 1.54) is 33.4 Å². The van der Waals surface area contributed by atoms with Crippen LogP contribution >= 0.6 is 0 Å². The van der Waals surface area contributed by atoms with E-state index in [-0.39, 0.29) is 61.9 Å². The van der Waals surface area contributed by atoms with Crippen LogP contribution in [0.2, 0.25) is 0 Å². The van der Waals surface area contributed by atoms with Crippen molar-refractivity contribution in [2.75, 3.05) is 0 Å². The predicted octanol–water partition coefficient (Wildman–Crippen LogP) is -1.46. The Balaban J connectivity index is 0. The van der Waals surface area contributed by atoms with Crippen LogP contribution in [0, 0.1) is 19.3 Å². The van der Waals surface area contributed by atoms with Crippen LogP contribution in [0.4, 0.5) is 0 Å². The summed E-state index contributed by atoms with van der Waals surface area (Å²) < 4.78 is 0. The van der Waals surface area contributed by atoms with Crippen molar-refractivity contribution in [1.82, 2.24) is 0 Å². The first-order chi connectivity index (χ1) is 9.63. The fourth-order valence-electron chi connectivity index (χ4n) is 3.65. The van der Waals surface area contributed by atoms with Crippen LogP contribution in [0.5, 0.6) is 0 Å². The molecule has 3 N–H and O–H groups in total. The maximum atomic E-state index is 7.70. The number of rotatable bonds is 2. The Bertz CT molecular complexity index is 694. The molecule has 0 aromatic heterocycles. The number of nitrogens with two attached hydrogens (primary N) is 1. The van der Waals surface area contributed by atoms with Crippen LogP contribution in [-0.2, 0) is 31.3 Å². The molecular formula is C19H26Cl2HfN2-2. The fourth-order valence-corrected chi connectivity index (χ4v) is 3.65. The van der Waals surface area contributed by atoms with E-state index >= 15 is 0 Å². The van der Waals surface area contributed by atoms with Gasteiger partial charge in [0, 0.05) is 36.8 Å². The van der Waals surface area contributed by atoms with Gasteiger partial charge in [-0.3, -0.25) is 5.41 Å². The second kappa shape index (κ2) is 8.82. The molecule has 0 saturated carbocycles. The van der Waals surface area contributed by atoms with E-state index in [0.29, 0.717) is 0 Å². The second-order valence-corrected chi connectivity index (χ2v) is 6.45. The Hall–Kier alpha value is -0.380. The van der Waals surface area contributed by atoms with Gasteiger partial charge in [0.25, 0.3) is 0 Å². The van der Waals surface area contributed by atoms with Gasteiger partial charge in [-0.15, -0.1) is 0 Å². The molecule has 132 valence electrons. The maximum absolute atomic E-state index is 7.70. The molecule has 0 radical (unpaired) electrons. The van der Waals surface area contributed by atoms with Crippen molar-refractivity contribution in [3.63, 3.8) is 0 Å². The quantitative estimate of drug-likeness (QED) is 0.274. The molecule has 2 rings (SSSR count). The van der Waals surface area contributed by atoms with Gasteiger partial charge in [0.2, 0.25) is 0 Å². The van der Waals surface area contributed by atoms with Gasteiger partial charge in [-0.05, 0) is 76.3 Å². The van der Waals surface area contributed by atoms with Gasteiger partial charge in [0.1, 0.15) is 5.84 Å². The summed E-state index contributed by atoms with van der Waals surface area (Å²) in [6, 6.07) is 4.15. The van der Waals surface area contributed by atoms with Crippen molar-refractivity contribution in [1.29, 1.82) is 5.41 Å². The first-order valence-corrected chi connectivity index (χ1v) is 7.45. The van der Waals surface area contributed by atoms with Crippen molar-refractivity contribution in [2.45, 2.75) is 53.9 Å². The number of hydrogen-bond donors (Lipinski definition) is 2. The molecule has 0 unspecified atom stereocenters. The minimum absolute atomic E-state index is 0. The molecule has 0 amide bonds. The molecule has 1 aromatic rings. The van der Waals surface area contributed by atoms with E-state index in [2.05, 4.69) is 54.5 Å². The normalized spacial score (nSPS) is 15.5. The number of amidine groups is 1. The summed E-state index contributed by atoms with van der Waals surface area (Å²) in [7, 11) is 0. The summed E-state index contributed by atoms with van der Waals surface area (Å²) in [5.41, 5.74) is 15.8. The smallest absolute Gasteiger partial charge is 0.123 e. The molecule has 1 aliphatic rings. The van der Waals surface area contributed by atoms with Gasteiger partial charge < -0.3 is 30.5 Å². The molecule has 0 aliphatic heterocycles. The Morgan fingerprint density at radius 3 is 1.67 bits per heavy atom. The third-order valence-electron chi connectivity index (χ3n) is 5.80. The minimum atomic E-state index is -0.0433. The van der Waals surface area contributed by atoms with Crippen molar-refractivity contribution in [3.05, 3.63) is 56.7 Å². The van der Waals surface area contributed by atoms with E-state index in [0.717, 1.165) is 11.1 Å². The zero-order chi connectivity index (χ0) is 16.1. The first-order valence-electron chi connectivity index (χ1n) is 7.45. The number of allylic oxidation sites excluding steroid dienone is 4. The van der Waals surface area contributed by atoms with Crippen LogP contribution in [0.3, 0.4) is 0 Å². The van der Waals surface area contributed by atoms with Gasteiger partial charge >= 0.3 is 0 Å². The topological polar surface area (TPSA) is 49.9 Å². The monoisotopic (exact) mass is 532 g/mol. The van der Waals surface area contributed by atoms with Gasteiger partial charge in [-0.1, -0.05) is 23.3 Å². The average Bonchev–Trinajstić information content (AvgIpc) is 2.58. The zero-order valence-electron chi connectivity index (χ0n) is 15.5. The second-order valence-electron chi connectivity index (χ2n) is 6.45. The van der Waals surface area contributed by atoms with Crippen molar-refractivity contribution >= 4 is 5.84 Å². The van der Waals surface area contributed by atoms with Crippen molar-refractivity contribution < 1.29 is 50.7 Å². The molecule has 5 heteroatoms. The van der Waals surface area contributed by atoms with E-state index in [1.54, 1.807) is 0 Å². The number of halogens is 2. The fraction of sp³-hybridized carbons (Fsp3) is 0.421. The summed E-state index contributed by atoms with van der Waals surface area (Å²) in [5, 5.41) is 7.70. The number of nitrogens with one attached hydrogen (secondary N) is 1. The molecule has 0 bridgehead atoms. The molecule has 2 nitrogen and oxygen atoms in total. The Morgan fingerprint density at radius 1 is 0.875 bits per heavy atom. The first kappa shape index (κ1) is 25.9. The third-order valence-corrected chi connectivity index (χ3v) is 5.80. The molecule has 0 saturated heterocycles. The van der Waals surface area contributed by atoms with Gasteiger partial charge in [0.05, 0.1) is 0 Å². The summed E-state index contributed by atoms with van der Waals surface area (Å²) in [4.78, 5) is 0. The molecule has 1 aliphatic carbocycles. The van der Waals surface area contributed by atoms with Crippen molar-refractivity contribution in [3.8, 4) is 0 Å². The summed E-state index contributed by atoms with van der Waals surface area (Å²) >= 11 is 0. The number of hydrogen-bond acceptors (Lipinski definition) is 1. The Morgan fingerprint density at radius 2 is 1.29 bits per heavy atom. The molecule has 0 spiro atoms. The van der Waals surface area contributed by atoms with Crippen LogP contribution in [0.1, 0.15) is 56.9 Å². The number of benzene rings is 1. The molecule has 24 heavy (non-hydrogen) atoms. The van der Waals surface area contributed by atoms with Crippen LogP contribution in [0.15, 0.2) is 34.4 Å². The van der Waals surface area contributed by atoms with Crippen LogP contribution < -0.4 is 30.5 Å². The Kier molecular flexibility index (Phi) is 9.50. The largest absolute Gasteiger partial charge is 1.00 e. The molecule has 0 heterocycles. The van der Waals surface area contributed by atoms with Crippen LogP contribution in [-0.4, -0.2) is 5.84 Å². The van der Waals surface area contributed by atoms with Gasteiger partial charge in [-0.25, -0.2) is 0 Å². The molecular weight excluding hydrogens is 506 g/mol. The zero-order valence-corrected chi connectivity index (χ0v) is 20.6. The molecule has 1 aromatic carbocycles. The molecule has 0 fully saturated rings. The molecule has 0 atom stereocenters. The van der Waals surface area contributed by atoms with Gasteiger partial charge in [-0.2, -0.15) is 0 Å². The minimum Gasteiger partial charge on any atom is -1.00 e. The van der Waals surface area contributed by atoms with E-state index in [9.17, 15) is 0 Å². The third kappa shape index (κ3) is 3.59. The average molecular weight is 532 g/mol. The van der Waals surface area contributed by atoms with Crippen molar-refractivity contribution in [2.24, 2.45) is 5.73 Å². The predicted molar refractivity (Wildman–Crippen MR) is 91.0 cm³/mol. The van der Waals surface area contributed by atoms with E-state index < -0.39 is 0 Å². The SMILES string of the molecule is CC1=C(C)C(C)(c2ccc(C(=N)N)c(C)c2C)C(C)=C1C.[Cl-].[Cl-].[Hf]. The van der Waals surface area contributed by atoms with E-state index in [1.807, 2.05) is 6.07 Å². The van der Waals surface area contributed by atoms with Crippen LogP contribution in [0.25, 0.3) is 0 Å².